The highest BCUT2D eigenvalue weighted by atomic mass is 16.5. The van der Waals surface area contributed by atoms with Gasteiger partial charge in [0.15, 0.2) is 0 Å². The van der Waals surface area contributed by atoms with E-state index in [1.807, 2.05) is 24.3 Å². The molecule has 2 aromatic rings. The molecule has 0 bridgehead atoms. The van der Waals surface area contributed by atoms with Crippen LogP contribution in [0.5, 0.6) is 5.75 Å². The van der Waals surface area contributed by atoms with Crippen LogP contribution in [0, 0.1) is 0 Å². The number of nitrogens with two attached hydrogens (primary N) is 1. The van der Waals surface area contributed by atoms with E-state index in [9.17, 15) is 4.79 Å². The molecule has 6 heteroatoms. The molecule has 1 saturated heterocycles. The average molecular weight is 341 g/mol. The minimum Gasteiger partial charge on any atom is -0.497 e. The number of ether oxygens (including phenoxy) is 2. The summed E-state index contributed by atoms with van der Waals surface area (Å²) in [5.74, 6) is 0.492. The van der Waals surface area contributed by atoms with Crippen molar-refractivity contribution < 1.29 is 14.3 Å². The topological polar surface area (TPSA) is 68.0 Å². The zero-order valence-corrected chi connectivity index (χ0v) is 14.6. The molecule has 0 atom stereocenters. The molecule has 1 aliphatic rings. The van der Waals surface area contributed by atoms with Crippen LogP contribution in [-0.4, -0.2) is 46.4 Å². The van der Waals surface area contributed by atoms with Gasteiger partial charge in [-0.15, -0.1) is 0 Å². The smallest absolute Gasteiger partial charge is 0.340 e. The molecule has 1 fully saturated rings. The lowest BCUT2D eigenvalue weighted by Gasteiger charge is -2.38. The Hall–Kier alpha value is -2.89. The van der Waals surface area contributed by atoms with Gasteiger partial charge in [0.05, 0.1) is 25.5 Å². The van der Waals surface area contributed by atoms with Crippen molar-refractivity contribution in [2.24, 2.45) is 0 Å². The summed E-state index contributed by atoms with van der Waals surface area (Å²) in [4.78, 5) is 16.6. The number of methoxy groups -OCH3 is 2. The van der Waals surface area contributed by atoms with Crippen LogP contribution in [0.3, 0.4) is 0 Å². The van der Waals surface area contributed by atoms with Gasteiger partial charge in [-0.05, 0) is 42.5 Å². The highest BCUT2D eigenvalue weighted by Crippen LogP contribution is 2.27. The SMILES string of the molecule is COC(=O)c1cc(N)ccc1N1CCN(c2ccc(OC)cc2)CC1. The summed E-state index contributed by atoms with van der Waals surface area (Å²) in [5.41, 5.74) is 8.94. The number of piperazine rings is 1. The maximum Gasteiger partial charge on any atom is 0.340 e. The van der Waals surface area contributed by atoms with Crippen LogP contribution in [0.25, 0.3) is 0 Å². The van der Waals surface area contributed by atoms with E-state index in [4.69, 9.17) is 15.2 Å². The monoisotopic (exact) mass is 341 g/mol. The Morgan fingerprint density at radius 2 is 1.60 bits per heavy atom. The Labute approximate surface area is 147 Å². The Morgan fingerprint density at radius 3 is 2.20 bits per heavy atom. The molecular weight excluding hydrogens is 318 g/mol. The van der Waals surface area contributed by atoms with Gasteiger partial charge < -0.3 is 25.0 Å². The number of nitrogen functional groups attached to an aromatic ring is 1. The molecule has 0 unspecified atom stereocenters. The minimum absolute atomic E-state index is 0.361. The van der Waals surface area contributed by atoms with Gasteiger partial charge in [0.1, 0.15) is 5.75 Å². The van der Waals surface area contributed by atoms with Crippen molar-refractivity contribution in [1.82, 2.24) is 0 Å². The summed E-state index contributed by atoms with van der Waals surface area (Å²) in [6, 6.07) is 13.5. The minimum atomic E-state index is -0.361. The Balaban J connectivity index is 1.73. The lowest BCUT2D eigenvalue weighted by Crippen LogP contribution is -2.47. The number of anilines is 3. The Kier molecular flexibility index (Phi) is 4.97. The highest BCUT2D eigenvalue weighted by molar-refractivity contribution is 5.97. The molecule has 0 aliphatic carbocycles. The van der Waals surface area contributed by atoms with Crippen molar-refractivity contribution in [3.05, 3.63) is 48.0 Å². The fraction of sp³-hybridized carbons (Fsp3) is 0.316. The summed E-state index contributed by atoms with van der Waals surface area (Å²) in [5, 5.41) is 0. The second kappa shape index (κ2) is 7.34. The third kappa shape index (κ3) is 3.63. The van der Waals surface area contributed by atoms with E-state index < -0.39 is 0 Å². The Bertz CT molecular complexity index is 738. The second-order valence-electron chi connectivity index (χ2n) is 5.94. The molecule has 3 rings (SSSR count). The van der Waals surface area contributed by atoms with Crippen molar-refractivity contribution in [1.29, 1.82) is 0 Å². The van der Waals surface area contributed by atoms with E-state index in [-0.39, 0.29) is 5.97 Å². The van der Waals surface area contributed by atoms with Crippen LogP contribution in [0.2, 0.25) is 0 Å². The van der Waals surface area contributed by atoms with Crippen molar-refractivity contribution >= 4 is 23.0 Å². The molecule has 0 spiro atoms. The largest absolute Gasteiger partial charge is 0.497 e. The third-order valence-electron chi connectivity index (χ3n) is 4.48. The van der Waals surface area contributed by atoms with Gasteiger partial charge >= 0.3 is 5.97 Å². The van der Waals surface area contributed by atoms with E-state index >= 15 is 0 Å². The molecule has 0 aromatic heterocycles. The molecule has 0 saturated carbocycles. The first-order chi connectivity index (χ1) is 12.1. The zero-order chi connectivity index (χ0) is 17.8. The van der Waals surface area contributed by atoms with Gasteiger partial charge in [-0.25, -0.2) is 4.79 Å². The number of esters is 1. The predicted molar refractivity (Wildman–Crippen MR) is 99.6 cm³/mol. The summed E-state index contributed by atoms with van der Waals surface area (Å²) in [6.45, 7) is 3.38. The fourth-order valence-corrected chi connectivity index (χ4v) is 3.10. The summed E-state index contributed by atoms with van der Waals surface area (Å²) >= 11 is 0. The molecule has 25 heavy (non-hydrogen) atoms. The number of nitrogens with zero attached hydrogens (tertiary/aromatic N) is 2. The van der Waals surface area contributed by atoms with Crippen LogP contribution in [0.1, 0.15) is 10.4 Å². The van der Waals surface area contributed by atoms with Crippen molar-refractivity contribution in [3.8, 4) is 5.75 Å². The number of carbonyl (C=O) groups is 1. The zero-order valence-electron chi connectivity index (χ0n) is 14.6. The van der Waals surface area contributed by atoms with Gasteiger partial charge in [-0.3, -0.25) is 0 Å². The Morgan fingerprint density at radius 1 is 0.960 bits per heavy atom. The molecule has 0 radical (unpaired) electrons. The first-order valence-electron chi connectivity index (χ1n) is 8.24. The number of hydrogen-bond donors (Lipinski definition) is 1. The summed E-state index contributed by atoms with van der Waals surface area (Å²) in [7, 11) is 3.05. The molecule has 0 amide bonds. The molecule has 132 valence electrons. The molecule has 2 N–H and O–H groups in total. The molecule has 6 nitrogen and oxygen atoms in total. The first kappa shape index (κ1) is 17.0. The quantitative estimate of drug-likeness (QED) is 0.680. The molecule has 1 aliphatic heterocycles. The molecular formula is C19H23N3O3. The molecule has 1 heterocycles. The first-order valence-corrected chi connectivity index (χ1v) is 8.24. The van der Waals surface area contributed by atoms with E-state index in [1.165, 1.54) is 12.8 Å². The van der Waals surface area contributed by atoms with Crippen LogP contribution in [0.4, 0.5) is 17.1 Å². The van der Waals surface area contributed by atoms with E-state index in [2.05, 4.69) is 21.9 Å². The third-order valence-corrected chi connectivity index (χ3v) is 4.48. The van der Waals surface area contributed by atoms with Gasteiger partial charge in [-0.2, -0.15) is 0 Å². The number of hydrogen-bond acceptors (Lipinski definition) is 6. The summed E-state index contributed by atoms with van der Waals surface area (Å²) < 4.78 is 10.1. The number of carbonyl (C=O) groups excluding carboxylic acids is 1. The van der Waals surface area contributed by atoms with Crippen molar-refractivity contribution in [2.75, 3.05) is 55.9 Å². The maximum absolute atomic E-state index is 12.0. The normalized spacial score (nSPS) is 14.3. The van der Waals surface area contributed by atoms with Crippen LogP contribution >= 0.6 is 0 Å². The average Bonchev–Trinajstić information content (AvgIpc) is 2.67. The van der Waals surface area contributed by atoms with E-state index in [1.54, 1.807) is 13.2 Å². The molecule has 2 aromatic carbocycles. The van der Waals surface area contributed by atoms with E-state index in [0.29, 0.717) is 11.3 Å². The second-order valence-corrected chi connectivity index (χ2v) is 5.94. The predicted octanol–water partition coefficient (Wildman–Crippen LogP) is 2.39. The van der Waals surface area contributed by atoms with Crippen LogP contribution in [0.15, 0.2) is 42.5 Å². The summed E-state index contributed by atoms with van der Waals surface area (Å²) in [6.07, 6.45) is 0. The van der Waals surface area contributed by atoms with Gasteiger partial charge in [0.25, 0.3) is 0 Å². The van der Waals surface area contributed by atoms with Gasteiger partial charge in [0, 0.05) is 37.6 Å². The highest BCUT2D eigenvalue weighted by Gasteiger charge is 2.22. The van der Waals surface area contributed by atoms with Gasteiger partial charge in [0.2, 0.25) is 0 Å². The lowest BCUT2D eigenvalue weighted by molar-refractivity contribution is 0.0601. The van der Waals surface area contributed by atoms with Crippen LogP contribution in [-0.2, 0) is 4.74 Å². The number of rotatable bonds is 4. The lowest BCUT2D eigenvalue weighted by atomic mass is 10.1. The number of benzene rings is 2. The van der Waals surface area contributed by atoms with Crippen molar-refractivity contribution in [2.45, 2.75) is 0 Å². The fourth-order valence-electron chi connectivity index (χ4n) is 3.10. The van der Waals surface area contributed by atoms with Crippen molar-refractivity contribution in [3.63, 3.8) is 0 Å². The standard InChI is InChI=1S/C19H23N3O3/c1-24-16-6-4-15(5-7-16)21-9-11-22(12-10-21)18-8-3-14(20)13-17(18)19(23)25-2/h3-8,13H,9-12,20H2,1-2H3. The van der Waals surface area contributed by atoms with E-state index in [0.717, 1.165) is 37.6 Å². The maximum atomic E-state index is 12.0. The van der Waals surface area contributed by atoms with Crippen LogP contribution < -0.4 is 20.3 Å². The van der Waals surface area contributed by atoms with Gasteiger partial charge in [-0.1, -0.05) is 0 Å².